The summed E-state index contributed by atoms with van der Waals surface area (Å²) < 4.78 is 0. The smallest absolute Gasteiger partial charge is 0.404 e. The zero-order valence-corrected chi connectivity index (χ0v) is 17.9. The summed E-state index contributed by atoms with van der Waals surface area (Å²) in [6.45, 7) is 5.47. The van der Waals surface area contributed by atoms with Crippen LogP contribution in [-0.2, 0) is 0 Å². The second-order valence-corrected chi connectivity index (χ2v) is 7.65. The maximum absolute atomic E-state index is 10.0. The molecule has 9 heteroatoms. The van der Waals surface area contributed by atoms with Crippen LogP contribution in [0, 0.1) is 6.92 Å². The van der Waals surface area contributed by atoms with Gasteiger partial charge < -0.3 is 31.9 Å². The predicted molar refractivity (Wildman–Crippen MR) is 120 cm³/mol. The van der Waals surface area contributed by atoms with Crippen molar-refractivity contribution in [2.24, 2.45) is 10.9 Å². The van der Waals surface area contributed by atoms with Crippen molar-refractivity contribution in [3.8, 4) is 0 Å². The van der Waals surface area contributed by atoms with E-state index in [9.17, 15) is 4.79 Å². The van der Waals surface area contributed by atoms with Gasteiger partial charge in [0.15, 0.2) is 0 Å². The molecule has 0 aromatic heterocycles. The van der Waals surface area contributed by atoms with E-state index in [2.05, 4.69) is 16.0 Å². The number of β-amino-alcohol motifs (C(OH)–C–C–N with tert-alkyl or cyclic N) is 1. The van der Waals surface area contributed by atoms with Gasteiger partial charge in [-0.05, 0) is 63.2 Å². The highest BCUT2D eigenvalue weighted by Gasteiger charge is 2.13. The largest absolute Gasteiger partial charge is 0.465 e. The van der Waals surface area contributed by atoms with Gasteiger partial charge in [0, 0.05) is 30.2 Å². The van der Waals surface area contributed by atoms with E-state index < -0.39 is 6.09 Å². The molecule has 2 aliphatic rings. The van der Waals surface area contributed by atoms with Gasteiger partial charge in [-0.15, -0.1) is 0 Å². The molecule has 2 heterocycles. The number of carbonyl (C=O) groups is 1. The van der Waals surface area contributed by atoms with Crippen molar-refractivity contribution >= 4 is 22.9 Å². The number of amides is 1. The van der Waals surface area contributed by atoms with Crippen molar-refractivity contribution in [3.63, 3.8) is 0 Å². The van der Waals surface area contributed by atoms with Crippen molar-refractivity contribution in [1.82, 2.24) is 16.0 Å². The van der Waals surface area contributed by atoms with Crippen LogP contribution < -0.4 is 26.8 Å². The Hall–Kier alpha value is -1.78. The molecule has 0 saturated carbocycles. The number of aliphatic hydroxyl groups excluding tert-OH is 1. The summed E-state index contributed by atoms with van der Waals surface area (Å²) >= 11 is 1.16. The van der Waals surface area contributed by atoms with E-state index in [0.29, 0.717) is 12.6 Å². The first-order valence-corrected chi connectivity index (χ1v) is 10.8. The molecule has 8 nitrogen and oxygen atoms in total. The van der Waals surface area contributed by atoms with Gasteiger partial charge in [0.05, 0.1) is 6.10 Å². The van der Waals surface area contributed by atoms with Crippen LogP contribution in [0.1, 0.15) is 36.8 Å². The molecular formula is C20H35N5O3S. The summed E-state index contributed by atoms with van der Waals surface area (Å²) in [5.41, 5.74) is 7.69. The Morgan fingerprint density at radius 1 is 1.31 bits per heavy atom. The SMILES string of the molecule is Cc1ccc(/C(=C/N)SN)cc1.O=C(O)NCCC1CCCN1.OC1CCNC1. The summed E-state index contributed by atoms with van der Waals surface area (Å²) in [6, 6.07) is 8.62. The van der Waals surface area contributed by atoms with Gasteiger partial charge in [0.2, 0.25) is 0 Å². The number of nitrogens with one attached hydrogen (secondary N) is 3. The van der Waals surface area contributed by atoms with E-state index in [1.54, 1.807) is 0 Å². The standard InChI is InChI=1S/C9H12N2S.C7H14N2O2.C4H9NO/c1-7-2-4-8(5-3-7)9(6-10)12-11;10-7(11)9-5-3-6-2-1-4-8-6;6-4-1-2-5-3-4/h2-6H,10-11H2,1H3;6,8-9H,1-5H2,(H,10,11);4-6H,1-3H2/b9-6-;;. The number of hydrogen-bond acceptors (Lipinski definition) is 7. The number of aliphatic hydroxyl groups is 1. The van der Waals surface area contributed by atoms with E-state index in [4.69, 9.17) is 21.1 Å². The van der Waals surface area contributed by atoms with Gasteiger partial charge in [-0.25, -0.2) is 4.79 Å². The Kier molecular flexibility index (Phi) is 13.2. The van der Waals surface area contributed by atoms with E-state index in [0.717, 1.165) is 54.9 Å². The third-order valence-electron chi connectivity index (χ3n) is 4.58. The number of hydrogen-bond donors (Lipinski definition) is 7. The van der Waals surface area contributed by atoms with Crippen LogP contribution in [0.2, 0.25) is 0 Å². The van der Waals surface area contributed by atoms with Crippen LogP contribution in [0.5, 0.6) is 0 Å². The van der Waals surface area contributed by atoms with Gasteiger partial charge in [-0.2, -0.15) is 0 Å². The second-order valence-electron chi connectivity index (χ2n) is 6.98. The molecule has 2 saturated heterocycles. The minimum absolute atomic E-state index is 0.0648. The summed E-state index contributed by atoms with van der Waals surface area (Å²) in [7, 11) is 0. The molecule has 3 rings (SSSR count). The Morgan fingerprint density at radius 3 is 2.45 bits per heavy atom. The lowest BCUT2D eigenvalue weighted by molar-refractivity contribution is 0.194. The van der Waals surface area contributed by atoms with Gasteiger partial charge in [-0.1, -0.05) is 29.8 Å². The normalized spacial score (nSPS) is 20.9. The van der Waals surface area contributed by atoms with E-state index in [1.807, 2.05) is 31.2 Å². The zero-order chi connectivity index (χ0) is 21.5. The molecule has 1 amide bonds. The Morgan fingerprint density at radius 2 is 2.03 bits per heavy atom. The van der Waals surface area contributed by atoms with Gasteiger partial charge in [-0.3, -0.25) is 5.14 Å². The first kappa shape index (κ1) is 25.3. The number of nitrogens with two attached hydrogens (primary N) is 2. The molecule has 164 valence electrons. The van der Waals surface area contributed by atoms with E-state index in [-0.39, 0.29) is 6.10 Å². The zero-order valence-electron chi connectivity index (χ0n) is 17.1. The Balaban J connectivity index is 0.000000229. The molecule has 1 aromatic carbocycles. The van der Waals surface area contributed by atoms with Crippen molar-refractivity contribution in [1.29, 1.82) is 0 Å². The van der Waals surface area contributed by atoms with Crippen LogP contribution in [0.3, 0.4) is 0 Å². The fourth-order valence-corrected chi connectivity index (χ4v) is 3.27. The number of rotatable bonds is 5. The summed E-state index contributed by atoms with van der Waals surface area (Å²) in [5, 5.41) is 31.0. The average Bonchev–Trinajstić information content (AvgIpc) is 3.39. The highest BCUT2D eigenvalue weighted by molar-refractivity contribution is 8.06. The lowest BCUT2D eigenvalue weighted by atomic mass is 10.1. The number of aryl methyl sites for hydroxylation is 1. The van der Waals surface area contributed by atoms with Crippen LogP contribution >= 0.6 is 11.9 Å². The molecule has 0 spiro atoms. The molecule has 0 aliphatic carbocycles. The Bertz CT molecular complexity index is 601. The monoisotopic (exact) mass is 425 g/mol. The van der Waals surface area contributed by atoms with Crippen molar-refractivity contribution in [2.45, 2.75) is 44.8 Å². The van der Waals surface area contributed by atoms with Gasteiger partial charge >= 0.3 is 6.09 Å². The fourth-order valence-electron chi connectivity index (χ4n) is 2.92. The predicted octanol–water partition coefficient (Wildman–Crippen LogP) is 1.60. The molecular weight excluding hydrogens is 390 g/mol. The molecule has 2 atom stereocenters. The lowest BCUT2D eigenvalue weighted by Gasteiger charge is -2.08. The summed E-state index contributed by atoms with van der Waals surface area (Å²) in [4.78, 5) is 10.9. The lowest BCUT2D eigenvalue weighted by Crippen LogP contribution is -2.29. The molecule has 1 aromatic rings. The summed E-state index contributed by atoms with van der Waals surface area (Å²) in [5.74, 6) is 0. The third kappa shape index (κ3) is 11.7. The quantitative estimate of drug-likeness (QED) is 0.352. The molecule has 2 unspecified atom stereocenters. The second kappa shape index (κ2) is 15.1. The molecule has 9 N–H and O–H groups in total. The van der Waals surface area contributed by atoms with Crippen LogP contribution in [-0.4, -0.2) is 54.6 Å². The molecule has 0 bridgehead atoms. The van der Waals surface area contributed by atoms with E-state index in [1.165, 1.54) is 24.6 Å². The van der Waals surface area contributed by atoms with Gasteiger partial charge in [0.25, 0.3) is 0 Å². The Labute approximate surface area is 177 Å². The molecule has 2 fully saturated rings. The maximum Gasteiger partial charge on any atom is 0.404 e. The van der Waals surface area contributed by atoms with Crippen molar-refractivity contribution < 1.29 is 15.0 Å². The maximum atomic E-state index is 10.0. The first-order chi connectivity index (χ1) is 14.0. The highest BCUT2D eigenvalue weighted by Crippen LogP contribution is 2.21. The average molecular weight is 426 g/mol. The van der Waals surface area contributed by atoms with Crippen LogP contribution in [0.25, 0.3) is 4.91 Å². The van der Waals surface area contributed by atoms with Gasteiger partial charge in [0.1, 0.15) is 0 Å². The number of carboxylic acid groups (broad SMARTS) is 1. The minimum atomic E-state index is -0.928. The fraction of sp³-hybridized carbons (Fsp3) is 0.550. The first-order valence-electron chi connectivity index (χ1n) is 9.91. The number of benzene rings is 1. The highest BCUT2D eigenvalue weighted by atomic mass is 32.2. The van der Waals surface area contributed by atoms with E-state index >= 15 is 0 Å². The molecule has 2 aliphatic heterocycles. The third-order valence-corrected chi connectivity index (χ3v) is 5.21. The van der Waals surface area contributed by atoms with Crippen LogP contribution in [0.4, 0.5) is 4.79 Å². The molecule has 0 radical (unpaired) electrons. The minimum Gasteiger partial charge on any atom is -0.465 e. The van der Waals surface area contributed by atoms with Crippen LogP contribution in [0.15, 0.2) is 30.5 Å². The summed E-state index contributed by atoms with van der Waals surface area (Å²) in [6.07, 6.45) is 4.77. The topological polar surface area (TPSA) is 146 Å². The van der Waals surface area contributed by atoms with Crippen molar-refractivity contribution in [3.05, 3.63) is 41.6 Å². The molecule has 29 heavy (non-hydrogen) atoms. The van der Waals surface area contributed by atoms with Crippen molar-refractivity contribution in [2.75, 3.05) is 26.2 Å².